The molecule has 0 aliphatic heterocycles. The number of benzene rings is 12. The van der Waals surface area contributed by atoms with Crippen LogP contribution in [0.25, 0.3) is 179 Å². The molecule has 20 heteroatoms. The number of para-hydroxylation sites is 2. The Morgan fingerprint density at radius 3 is 1.01 bits per heavy atom. The summed E-state index contributed by atoms with van der Waals surface area (Å²) in [6.07, 6.45) is 3.91. The molecule has 12 aromatic carbocycles. The van der Waals surface area contributed by atoms with Crippen molar-refractivity contribution in [1.29, 1.82) is 0 Å². The zero-order chi connectivity index (χ0) is 79.5. The predicted octanol–water partition coefficient (Wildman–Crippen LogP) is 25.8. The molecule has 0 amide bonds. The summed E-state index contributed by atoms with van der Waals surface area (Å²) >= 11 is 7.09. The van der Waals surface area contributed by atoms with Crippen molar-refractivity contribution >= 4 is 75.5 Å². The van der Waals surface area contributed by atoms with Crippen molar-refractivity contribution in [3.05, 3.63) is 353 Å². The minimum atomic E-state index is -0.311. The van der Waals surface area contributed by atoms with E-state index in [1.165, 1.54) is 48.5 Å². The molecule has 0 spiro atoms. The molecule has 14 nitrogen and oxygen atoms in total. The van der Waals surface area contributed by atoms with Crippen molar-refractivity contribution < 1.29 is 27.4 Å². The quantitative estimate of drug-likeness (QED) is 0.0484. The fourth-order valence-electron chi connectivity index (χ4n) is 14.6. The van der Waals surface area contributed by atoms with E-state index < -0.39 is 0 Å². The summed E-state index contributed by atoms with van der Waals surface area (Å²) in [5.41, 5.74) is 25.2. The lowest BCUT2D eigenvalue weighted by atomic mass is 10.0. The minimum absolute atomic E-state index is 0.0222. The van der Waals surface area contributed by atoms with Crippen LogP contribution < -0.4 is 4.74 Å². The fourth-order valence-corrected chi connectivity index (χ4v) is 15.3. The molecule has 0 unspecified atom stereocenters. The normalized spacial score (nSPS) is 11.2. The van der Waals surface area contributed by atoms with E-state index in [2.05, 4.69) is 127 Å². The van der Waals surface area contributed by atoms with Crippen molar-refractivity contribution in [2.24, 2.45) is 0 Å². The number of methoxy groups -OCH3 is 1. The molecule has 0 aliphatic carbocycles. The molecule has 0 fully saturated rings. The Labute approximate surface area is 679 Å². The Hall–Kier alpha value is -13.9. The van der Waals surface area contributed by atoms with E-state index in [-0.39, 0.29) is 29.9 Å². The highest BCUT2D eigenvalue weighted by Gasteiger charge is 2.25. The number of rotatable bonds is 14. The second-order valence-corrected chi connectivity index (χ2v) is 29.5. The Kier molecular flexibility index (Phi) is 21.1. The Morgan fingerprint density at radius 1 is 0.319 bits per heavy atom. The highest BCUT2D eigenvalue weighted by atomic mass is 79.9. The SMILES string of the molecule is Brc1ccc2[nH]cc(-c3nc(-c4ccccc4)c(-c4ccccc4)[nH]3)c2c1.COc1ccc(-c2nc(-c3c(C)[nH]c4ccccc34)[nH]c2-c2ccc(CO)cc2)cc1.Cc1[nH]c2ccccc2c1-c1nc(-c2ccc(F)cc2)c(-c2ccc(F)cc2)[nH]1.Fc1ccc(-c2nc(-c3c[nH]c4ccc(Br)cc34)[nH]c2-c2ccc(F)cc2)cc1. The van der Waals surface area contributed by atoms with Crippen molar-refractivity contribution in [2.75, 3.05) is 7.11 Å². The first-order valence-electron chi connectivity index (χ1n) is 37.2. The first-order chi connectivity index (χ1) is 56.6. The van der Waals surface area contributed by atoms with E-state index in [9.17, 15) is 22.7 Å². The summed E-state index contributed by atoms with van der Waals surface area (Å²) in [6.45, 7) is 4.10. The number of aryl methyl sites for hydroxylation is 2. The molecule has 20 aromatic rings. The van der Waals surface area contributed by atoms with Gasteiger partial charge in [-0.25, -0.2) is 37.5 Å². The van der Waals surface area contributed by atoms with Gasteiger partial charge >= 0.3 is 0 Å². The largest absolute Gasteiger partial charge is 0.497 e. The third-order valence-electron chi connectivity index (χ3n) is 20.3. The van der Waals surface area contributed by atoms with Gasteiger partial charge in [0, 0.05) is 143 Å². The van der Waals surface area contributed by atoms with E-state index in [1.807, 2.05) is 165 Å². The fraction of sp³-hybridized carbons (Fsp3) is 0.0417. The second kappa shape index (κ2) is 32.7. The van der Waals surface area contributed by atoms with E-state index in [4.69, 9.17) is 24.7 Å². The van der Waals surface area contributed by atoms with Crippen LogP contribution in [0.15, 0.2) is 313 Å². The maximum absolute atomic E-state index is 13.5. The molecule has 0 saturated carbocycles. The van der Waals surface area contributed by atoms with Gasteiger partial charge in [-0.2, -0.15) is 0 Å². The molecule has 20 rings (SSSR count). The average molecular weight is 1660 g/mol. The number of H-pyrrole nitrogens is 8. The third kappa shape index (κ3) is 15.5. The molecular formula is C96H70Br2F4N12O2. The van der Waals surface area contributed by atoms with Gasteiger partial charge in [0.05, 0.1) is 59.3 Å². The van der Waals surface area contributed by atoms with E-state index in [0.29, 0.717) is 23.0 Å². The van der Waals surface area contributed by atoms with Crippen LogP contribution in [0.2, 0.25) is 0 Å². The number of nitrogens with zero attached hydrogens (tertiary/aromatic N) is 4. The Morgan fingerprint density at radius 2 is 0.629 bits per heavy atom. The average Bonchev–Trinajstić information content (AvgIpc) is 1.61. The molecule has 0 saturated heterocycles. The van der Waals surface area contributed by atoms with Crippen LogP contribution in [-0.2, 0) is 6.61 Å². The van der Waals surface area contributed by atoms with Gasteiger partial charge in [-0.1, -0.05) is 153 Å². The summed E-state index contributed by atoms with van der Waals surface area (Å²) < 4.78 is 61.1. The van der Waals surface area contributed by atoms with Gasteiger partial charge in [0.15, 0.2) is 0 Å². The number of fused-ring (bicyclic) bond motifs is 4. The van der Waals surface area contributed by atoms with Crippen LogP contribution in [0.1, 0.15) is 17.0 Å². The number of aliphatic hydroxyl groups is 1. The predicted molar refractivity (Wildman–Crippen MR) is 464 cm³/mol. The molecule has 0 bridgehead atoms. The summed E-state index contributed by atoms with van der Waals surface area (Å²) in [5, 5.41) is 13.8. The van der Waals surface area contributed by atoms with Crippen LogP contribution in [0.4, 0.5) is 17.6 Å². The summed E-state index contributed by atoms with van der Waals surface area (Å²) in [4.78, 5) is 47.1. The molecule has 9 N–H and O–H groups in total. The summed E-state index contributed by atoms with van der Waals surface area (Å²) in [7, 11) is 1.66. The monoisotopic (exact) mass is 1660 g/mol. The first-order valence-corrected chi connectivity index (χ1v) is 38.8. The lowest BCUT2D eigenvalue weighted by molar-refractivity contribution is 0.282. The number of nitrogens with one attached hydrogen (secondary N) is 8. The van der Waals surface area contributed by atoms with Crippen LogP contribution >= 0.6 is 31.9 Å². The molecule has 568 valence electrons. The number of aromatic nitrogens is 12. The number of hydrogen-bond donors (Lipinski definition) is 9. The van der Waals surface area contributed by atoms with Crippen LogP contribution in [0.3, 0.4) is 0 Å². The van der Waals surface area contributed by atoms with Crippen molar-refractivity contribution in [1.82, 2.24) is 59.8 Å². The summed E-state index contributed by atoms with van der Waals surface area (Å²) in [6, 6.07) is 89.9. The van der Waals surface area contributed by atoms with Crippen LogP contribution in [0, 0.1) is 37.1 Å². The number of aliphatic hydroxyl groups excluding tert-OH is 1. The maximum atomic E-state index is 13.5. The lowest BCUT2D eigenvalue weighted by Crippen LogP contribution is -1.87. The van der Waals surface area contributed by atoms with E-state index >= 15 is 0 Å². The molecule has 116 heavy (non-hydrogen) atoms. The van der Waals surface area contributed by atoms with Crippen molar-refractivity contribution in [2.45, 2.75) is 20.5 Å². The first kappa shape index (κ1) is 74.8. The smallest absolute Gasteiger partial charge is 0.140 e. The van der Waals surface area contributed by atoms with Gasteiger partial charge in [0.2, 0.25) is 0 Å². The highest BCUT2D eigenvalue weighted by Crippen LogP contribution is 2.43. The molecule has 8 aromatic heterocycles. The van der Waals surface area contributed by atoms with Gasteiger partial charge < -0.3 is 49.7 Å². The van der Waals surface area contributed by atoms with Crippen molar-refractivity contribution in [3.8, 4) is 141 Å². The zero-order valence-electron chi connectivity index (χ0n) is 62.5. The molecule has 0 radical (unpaired) electrons. The third-order valence-corrected chi connectivity index (χ3v) is 21.3. The van der Waals surface area contributed by atoms with E-state index in [0.717, 1.165) is 188 Å². The van der Waals surface area contributed by atoms with Gasteiger partial charge in [-0.3, -0.25) is 0 Å². The minimum Gasteiger partial charge on any atom is -0.497 e. The molecule has 0 atom stereocenters. The Bertz CT molecular complexity index is 6620. The van der Waals surface area contributed by atoms with Gasteiger partial charge in [-0.05, 0) is 189 Å². The molecule has 8 heterocycles. The number of ether oxygens (including phenoxy) is 1. The lowest BCUT2D eigenvalue weighted by Gasteiger charge is -2.05. The number of aromatic amines is 8. The number of hydrogen-bond acceptors (Lipinski definition) is 6. The zero-order valence-corrected chi connectivity index (χ0v) is 65.7. The van der Waals surface area contributed by atoms with Crippen molar-refractivity contribution in [3.63, 3.8) is 0 Å². The molecule has 0 aliphatic rings. The number of halogens is 6. The Balaban J connectivity index is 0.000000111. The van der Waals surface area contributed by atoms with Gasteiger partial charge in [0.1, 0.15) is 52.3 Å². The van der Waals surface area contributed by atoms with Crippen LogP contribution in [-0.4, -0.2) is 72.0 Å². The topological polar surface area (TPSA) is 207 Å². The van der Waals surface area contributed by atoms with Gasteiger partial charge in [-0.15, -0.1) is 0 Å². The standard InChI is InChI=1S/C26H23N3O2.C24H17F2N3.C23H14BrF2N3.C23H16BrN3/c1-16-23(21-5-3-4-6-22(21)27-16)26-28-24(18-9-7-17(15-30)8-10-18)25(29-26)19-11-13-20(31-2)14-12-19;1-14-21(19-4-2-3-5-20(19)27-14)24-28-22(15-6-10-17(25)11-7-15)23(29-24)16-8-12-18(26)13-9-16;24-15-5-10-20-18(11-15)19(12-27-20)23-28-21(13-1-6-16(25)7-2-13)22(29-23)14-3-8-17(26)9-4-14;24-17-11-12-20-18(13-17)19(14-25-20)23-26-21(15-7-3-1-4-8-15)22(27-23)16-9-5-2-6-10-16/h3-14,27,30H,15H2,1-2H3,(H,28,29);2-13,27H,1H3,(H,28,29);1-12,27H,(H,28,29);1-14,25H,(H,26,27). The maximum Gasteiger partial charge on any atom is 0.140 e. The van der Waals surface area contributed by atoms with Gasteiger partial charge in [0.25, 0.3) is 0 Å². The second-order valence-electron chi connectivity index (χ2n) is 27.7. The molecular weight excluding hydrogens is 1590 g/mol. The highest BCUT2D eigenvalue weighted by molar-refractivity contribution is 9.10. The van der Waals surface area contributed by atoms with Crippen LogP contribution in [0.5, 0.6) is 5.75 Å². The number of imidazole rings is 4. The summed E-state index contributed by atoms with van der Waals surface area (Å²) in [5.74, 6) is 2.64. The van der Waals surface area contributed by atoms with E-state index in [1.54, 1.807) is 55.6 Å².